The second kappa shape index (κ2) is 8.26. The molecule has 0 saturated carbocycles. The molecule has 15 heavy (non-hydrogen) atoms. The summed E-state index contributed by atoms with van der Waals surface area (Å²) in [5, 5.41) is 2.69. The van der Waals surface area contributed by atoms with Gasteiger partial charge in [-0.3, -0.25) is 9.59 Å². The number of ether oxygens (including phenoxy) is 1. The Balaban J connectivity index is 3.42. The summed E-state index contributed by atoms with van der Waals surface area (Å²) in [5.74, 6) is 0.274. The van der Waals surface area contributed by atoms with Crippen molar-refractivity contribution in [3.63, 3.8) is 0 Å². The van der Waals surface area contributed by atoms with Crippen molar-refractivity contribution in [3.8, 4) is 0 Å². The number of esters is 1. The number of amides is 1. The van der Waals surface area contributed by atoms with Crippen molar-refractivity contribution in [1.82, 2.24) is 5.32 Å². The highest BCUT2D eigenvalue weighted by atomic mass is 16.5. The Morgan fingerprint density at radius 1 is 1.27 bits per heavy atom. The Labute approximate surface area is 91.4 Å². The van der Waals surface area contributed by atoms with E-state index in [2.05, 4.69) is 19.2 Å². The first-order valence-electron chi connectivity index (χ1n) is 5.48. The molecular formula is C11H21NO3. The van der Waals surface area contributed by atoms with Gasteiger partial charge in [-0.15, -0.1) is 0 Å². The van der Waals surface area contributed by atoms with Crippen LogP contribution in [0.15, 0.2) is 0 Å². The highest BCUT2D eigenvalue weighted by molar-refractivity contribution is 5.76. The maximum atomic E-state index is 11.2. The van der Waals surface area contributed by atoms with E-state index in [1.165, 1.54) is 0 Å². The van der Waals surface area contributed by atoms with E-state index in [1.807, 2.05) is 0 Å². The van der Waals surface area contributed by atoms with Gasteiger partial charge in [-0.2, -0.15) is 0 Å². The number of nitrogens with one attached hydrogen (secondary N) is 1. The van der Waals surface area contributed by atoms with Crippen LogP contribution in [0.3, 0.4) is 0 Å². The molecule has 0 spiro atoms. The molecule has 0 aromatic heterocycles. The van der Waals surface area contributed by atoms with Crippen molar-refractivity contribution in [2.45, 2.75) is 40.0 Å². The second-order valence-electron chi connectivity index (χ2n) is 3.84. The quantitative estimate of drug-likeness (QED) is 0.655. The molecular weight excluding hydrogens is 194 g/mol. The fraction of sp³-hybridized carbons (Fsp3) is 0.818. The molecule has 4 heteroatoms. The molecule has 1 amide bonds. The lowest BCUT2D eigenvalue weighted by atomic mass is 10.1. The second-order valence-corrected chi connectivity index (χ2v) is 3.84. The van der Waals surface area contributed by atoms with Gasteiger partial charge in [-0.25, -0.2) is 0 Å². The Morgan fingerprint density at radius 2 is 1.93 bits per heavy atom. The van der Waals surface area contributed by atoms with Crippen LogP contribution in [0.4, 0.5) is 0 Å². The van der Waals surface area contributed by atoms with Crippen LogP contribution in [-0.4, -0.2) is 25.0 Å². The third-order valence-corrected chi connectivity index (χ3v) is 1.91. The van der Waals surface area contributed by atoms with Gasteiger partial charge in [0.05, 0.1) is 13.0 Å². The Hall–Kier alpha value is -1.06. The summed E-state index contributed by atoms with van der Waals surface area (Å²) < 4.78 is 4.73. The largest absolute Gasteiger partial charge is 0.466 e. The topological polar surface area (TPSA) is 55.4 Å². The number of hydrogen-bond donors (Lipinski definition) is 1. The van der Waals surface area contributed by atoms with Crippen LogP contribution in [0, 0.1) is 5.92 Å². The summed E-state index contributed by atoms with van der Waals surface area (Å²) in [6.45, 7) is 6.67. The molecule has 0 saturated heterocycles. The van der Waals surface area contributed by atoms with E-state index >= 15 is 0 Å². The molecule has 0 aromatic rings. The first-order valence-corrected chi connectivity index (χ1v) is 5.48. The number of rotatable bonds is 7. The van der Waals surface area contributed by atoms with Crippen molar-refractivity contribution in [2.75, 3.05) is 13.2 Å². The molecule has 0 aliphatic heterocycles. The van der Waals surface area contributed by atoms with Crippen molar-refractivity contribution < 1.29 is 14.3 Å². The van der Waals surface area contributed by atoms with Crippen LogP contribution >= 0.6 is 0 Å². The summed E-state index contributed by atoms with van der Waals surface area (Å²) >= 11 is 0. The van der Waals surface area contributed by atoms with Gasteiger partial charge < -0.3 is 10.1 Å². The lowest BCUT2D eigenvalue weighted by Gasteiger charge is -2.06. The van der Waals surface area contributed by atoms with Crippen molar-refractivity contribution in [2.24, 2.45) is 5.92 Å². The van der Waals surface area contributed by atoms with Crippen LogP contribution in [0.25, 0.3) is 0 Å². The van der Waals surface area contributed by atoms with E-state index in [-0.39, 0.29) is 18.3 Å². The van der Waals surface area contributed by atoms with Gasteiger partial charge in [-0.1, -0.05) is 13.8 Å². The zero-order valence-corrected chi connectivity index (χ0v) is 9.84. The predicted octanol–water partition coefficient (Wildman–Crippen LogP) is 1.49. The first-order chi connectivity index (χ1) is 7.06. The average Bonchev–Trinajstić information content (AvgIpc) is 2.15. The van der Waals surface area contributed by atoms with E-state index in [4.69, 9.17) is 4.74 Å². The van der Waals surface area contributed by atoms with Crippen LogP contribution in [-0.2, 0) is 14.3 Å². The molecule has 0 radical (unpaired) electrons. The SMILES string of the molecule is CCOC(=O)CCNC(=O)CCC(C)C. The van der Waals surface area contributed by atoms with Gasteiger partial charge in [-0.05, 0) is 19.3 Å². The highest BCUT2D eigenvalue weighted by Crippen LogP contribution is 2.02. The predicted molar refractivity (Wildman–Crippen MR) is 58.3 cm³/mol. The van der Waals surface area contributed by atoms with Gasteiger partial charge in [0.1, 0.15) is 0 Å². The molecule has 0 aliphatic rings. The molecule has 0 bridgehead atoms. The molecule has 0 rings (SSSR count). The van der Waals surface area contributed by atoms with Crippen LogP contribution in [0.2, 0.25) is 0 Å². The summed E-state index contributed by atoms with van der Waals surface area (Å²) in [6.07, 6.45) is 1.66. The van der Waals surface area contributed by atoms with Gasteiger partial charge in [0.2, 0.25) is 5.91 Å². The lowest BCUT2D eigenvalue weighted by molar-refractivity contribution is -0.143. The Bertz CT molecular complexity index is 202. The van der Waals surface area contributed by atoms with Crippen LogP contribution in [0.5, 0.6) is 0 Å². The van der Waals surface area contributed by atoms with E-state index in [0.29, 0.717) is 25.5 Å². The van der Waals surface area contributed by atoms with Crippen molar-refractivity contribution in [1.29, 1.82) is 0 Å². The lowest BCUT2D eigenvalue weighted by Crippen LogP contribution is -2.26. The minimum Gasteiger partial charge on any atom is -0.466 e. The van der Waals surface area contributed by atoms with Gasteiger partial charge in [0, 0.05) is 13.0 Å². The fourth-order valence-electron chi connectivity index (χ4n) is 1.05. The molecule has 0 aromatic carbocycles. The number of carbonyl (C=O) groups is 2. The van der Waals surface area contributed by atoms with E-state index in [0.717, 1.165) is 6.42 Å². The van der Waals surface area contributed by atoms with E-state index in [1.54, 1.807) is 6.92 Å². The molecule has 0 heterocycles. The Morgan fingerprint density at radius 3 is 2.47 bits per heavy atom. The van der Waals surface area contributed by atoms with Gasteiger partial charge in [0.15, 0.2) is 0 Å². The molecule has 1 N–H and O–H groups in total. The van der Waals surface area contributed by atoms with Gasteiger partial charge >= 0.3 is 5.97 Å². The summed E-state index contributed by atoms with van der Waals surface area (Å²) in [5.41, 5.74) is 0. The number of hydrogen-bond acceptors (Lipinski definition) is 3. The zero-order valence-electron chi connectivity index (χ0n) is 9.84. The smallest absolute Gasteiger partial charge is 0.307 e. The zero-order chi connectivity index (χ0) is 11.7. The third kappa shape index (κ3) is 9.25. The maximum Gasteiger partial charge on any atom is 0.307 e. The Kier molecular flexibility index (Phi) is 7.68. The summed E-state index contributed by atoms with van der Waals surface area (Å²) in [7, 11) is 0. The summed E-state index contributed by atoms with van der Waals surface area (Å²) in [6, 6.07) is 0. The van der Waals surface area contributed by atoms with Crippen molar-refractivity contribution in [3.05, 3.63) is 0 Å². The average molecular weight is 215 g/mol. The van der Waals surface area contributed by atoms with Gasteiger partial charge in [0.25, 0.3) is 0 Å². The standard InChI is InChI=1S/C11H21NO3/c1-4-15-11(14)7-8-12-10(13)6-5-9(2)3/h9H,4-8H2,1-3H3,(H,12,13). The first kappa shape index (κ1) is 13.9. The molecule has 88 valence electrons. The van der Waals surface area contributed by atoms with E-state index < -0.39 is 0 Å². The van der Waals surface area contributed by atoms with Crippen molar-refractivity contribution >= 4 is 11.9 Å². The van der Waals surface area contributed by atoms with Crippen LogP contribution in [0.1, 0.15) is 40.0 Å². The monoisotopic (exact) mass is 215 g/mol. The molecule has 0 aliphatic carbocycles. The molecule has 0 atom stereocenters. The maximum absolute atomic E-state index is 11.2. The number of carbonyl (C=O) groups excluding carboxylic acids is 2. The fourth-order valence-corrected chi connectivity index (χ4v) is 1.05. The third-order valence-electron chi connectivity index (χ3n) is 1.91. The minimum atomic E-state index is -0.262. The molecule has 0 fully saturated rings. The normalized spacial score (nSPS) is 10.1. The molecule has 0 unspecified atom stereocenters. The minimum absolute atomic E-state index is 0.00741. The van der Waals surface area contributed by atoms with Crippen LogP contribution < -0.4 is 5.32 Å². The van der Waals surface area contributed by atoms with E-state index in [9.17, 15) is 9.59 Å². The highest BCUT2D eigenvalue weighted by Gasteiger charge is 2.05. The molecule has 4 nitrogen and oxygen atoms in total. The summed E-state index contributed by atoms with van der Waals surface area (Å²) in [4.78, 5) is 22.1.